The first-order valence-electron chi connectivity index (χ1n) is 13.2. The van der Waals surface area contributed by atoms with Gasteiger partial charge in [0.1, 0.15) is 5.75 Å². The fourth-order valence-corrected chi connectivity index (χ4v) is 6.58. The third-order valence-electron chi connectivity index (χ3n) is 7.30. The molecule has 0 radical (unpaired) electrons. The average molecular weight is 534 g/mol. The van der Waals surface area contributed by atoms with Gasteiger partial charge in [-0.3, -0.25) is 14.0 Å². The molecule has 2 aliphatic rings. The minimum Gasteiger partial charge on any atom is -0.476 e. The molecule has 2 heterocycles. The Hall–Kier alpha value is -3.36. The maximum absolute atomic E-state index is 13.7. The van der Waals surface area contributed by atoms with E-state index in [-0.39, 0.29) is 17.3 Å². The number of hydrogen-bond acceptors (Lipinski definition) is 5. The van der Waals surface area contributed by atoms with Gasteiger partial charge in [0.2, 0.25) is 0 Å². The van der Waals surface area contributed by atoms with Crippen molar-refractivity contribution in [1.82, 2.24) is 10.2 Å². The molecule has 1 atom stereocenters. The topological polar surface area (TPSA) is 79.0 Å². The molecule has 3 aromatic carbocycles. The summed E-state index contributed by atoms with van der Waals surface area (Å²) in [4.78, 5) is 16.0. The Morgan fingerprint density at radius 1 is 0.921 bits per heavy atom. The van der Waals surface area contributed by atoms with Crippen LogP contribution >= 0.6 is 0 Å². The summed E-state index contributed by atoms with van der Waals surface area (Å²) < 4.78 is 34.7. The van der Waals surface area contributed by atoms with Crippen LogP contribution in [0.25, 0.3) is 0 Å². The quantitative estimate of drug-likeness (QED) is 0.482. The zero-order valence-corrected chi connectivity index (χ0v) is 22.8. The normalized spacial score (nSPS) is 17.9. The monoisotopic (exact) mass is 533 g/mol. The number of nitrogens with zero attached hydrogens (tertiary/aromatic N) is 2. The molecule has 200 valence electrons. The fourth-order valence-electron chi connectivity index (χ4n) is 5.10. The molecule has 5 rings (SSSR count). The van der Waals surface area contributed by atoms with E-state index in [0.29, 0.717) is 18.0 Å². The number of hydrogen-bond donors (Lipinski definition) is 1. The summed E-state index contributed by atoms with van der Waals surface area (Å²) in [5, 5.41) is 3.01. The third-order valence-corrected chi connectivity index (χ3v) is 9.09. The molecule has 8 heteroatoms. The van der Waals surface area contributed by atoms with Gasteiger partial charge >= 0.3 is 0 Å². The predicted molar refractivity (Wildman–Crippen MR) is 149 cm³/mol. The van der Waals surface area contributed by atoms with Crippen LogP contribution in [0, 0.1) is 13.8 Å². The van der Waals surface area contributed by atoms with Crippen LogP contribution in [0.15, 0.2) is 71.6 Å². The van der Waals surface area contributed by atoms with E-state index in [1.807, 2.05) is 38.1 Å². The molecule has 0 aromatic heterocycles. The number of carbonyl (C=O) groups excluding carboxylic acids is 1. The molecule has 1 saturated heterocycles. The van der Waals surface area contributed by atoms with Crippen LogP contribution in [0.1, 0.15) is 41.5 Å². The molecule has 1 fully saturated rings. The number of piperidine rings is 1. The molecule has 0 bridgehead atoms. The highest BCUT2D eigenvalue weighted by atomic mass is 32.2. The average Bonchev–Trinajstić information content (AvgIpc) is 2.92. The second-order valence-electron chi connectivity index (χ2n) is 10.3. The van der Waals surface area contributed by atoms with Gasteiger partial charge in [-0.25, -0.2) is 8.42 Å². The van der Waals surface area contributed by atoms with Gasteiger partial charge in [-0.1, -0.05) is 54.4 Å². The van der Waals surface area contributed by atoms with Crippen LogP contribution < -0.4 is 14.4 Å². The smallest absolute Gasteiger partial charge is 0.264 e. The molecule has 0 saturated carbocycles. The van der Waals surface area contributed by atoms with Gasteiger partial charge in [-0.05, 0) is 80.7 Å². The largest absolute Gasteiger partial charge is 0.476 e. The van der Waals surface area contributed by atoms with Gasteiger partial charge in [0.05, 0.1) is 17.1 Å². The zero-order chi connectivity index (χ0) is 26.7. The van der Waals surface area contributed by atoms with Crippen molar-refractivity contribution in [3.05, 3.63) is 89.0 Å². The summed E-state index contributed by atoms with van der Waals surface area (Å²) in [7, 11) is -3.89. The van der Waals surface area contributed by atoms with Crippen molar-refractivity contribution < 1.29 is 17.9 Å². The van der Waals surface area contributed by atoms with Crippen molar-refractivity contribution >= 4 is 21.6 Å². The first-order chi connectivity index (χ1) is 18.3. The van der Waals surface area contributed by atoms with Crippen LogP contribution in [0.5, 0.6) is 5.75 Å². The molecule has 0 aliphatic carbocycles. The van der Waals surface area contributed by atoms with E-state index in [2.05, 4.69) is 16.3 Å². The Morgan fingerprint density at radius 3 is 2.34 bits per heavy atom. The zero-order valence-electron chi connectivity index (χ0n) is 22.0. The highest BCUT2D eigenvalue weighted by Gasteiger charge is 2.37. The van der Waals surface area contributed by atoms with E-state index in [1.165, 1.54) is 29.1 Å². The molecule has 38 heavy (non-hydrogen) atoms. The summed E-state index contributed by atoms with van der Waals surface area (Å²) >= 11 is 0. The molecule has 1 unspecified atom stereocenters. The van der Waals surface area contributed by atoms with Gasteiger partial charge in [0.15, 0.2) is 6.10 Å². The highest BCUT2D eigenvalue weighted by Crippen LogP contribution is 2.37. The van der Waals surface area contributed by atoms with Crippen molar-refractivity contribution in [2.24, 2.45) is 0 Å². The van der Waals surface area contributed by atoms with Crippen molar-refractivity contribution in [3.8, 4) is 5.75 Å². The second-order valence-corrected chi connectivity index (χ2v) is 12.1. The molecule has 7 nitrogen and oxygen atoms in total. The molecule has 3 aromatic rings. The second kappa shape index (κ2) is 11.2. The number of carbonyl (C=O) groups is 1. The number of rotatable bonds is 7. The van der Waals surface area contributed by atoms with Crippen LogP contribution in [0.4, 0.5) is 5.69 Å². The minimum atomic E-state index is -3.89. The Labute approximate surface area is 225 Å². The third kappa shape index (κ3) is 5.71. The van der Waals surface area contributed by atoms with E-state index in [4.69, 9.17) is 4.74 Å². The lowest BCUT2D eigenvalue weighted by Gasteiger charge is -2.35. The highest BCUT2D eigenvalue weighted by molar-refractivity contribution is 7.92. The Morgan fingerprint density at radius 2 is 1.61 bits per heavy atom. The molecular formula is C30H35N3O4S. The van der Waals surface area contributed by atoms with E-state index >= 15 is 0 Å². The standard InChI is InChI=1S/C30H35N3O4S/c1-22-10-13-26(14-11-22)38(35,36)33-21-29(37-28-18-23(2)12-15-27(28)33)30(34)31-19-24-8-4-5-9-25(24)20-32-16-6-3-7-17-32/h4-5,8-15,18,29H,3,6-7,16-17,19-21H2,1-2H3,(H,31,34). The van der Waals surface area contributed by atoms with Crippen molar-refractivity contribution in [1.29, 1.82) is 0 Å². The summed E-state index contributed by atoms with van der Waals surface area (Å²) in [6, 6.07) is 20.3. The van der Waals surface area contributed by atoms with Crippen molar-refractivity contribution in [2.45, 2.75) is 57.2 Å². The number of likely N-dealkylation sites (tertiary alicyclic amines) is 1. The molecule has 1 N–H and O–H groups in total. The number of benzene rings is 3. The van der Waals surface area contributed by atoms with E-state index < -0.39 is 16.1 Å². The summed E-state index contributed by atoms with van der Waals surface area (Å²) in [6.07, 6.45) is 2.76. The van der Waals surface area contributed by atoms with E-state index in [0.717, 1.165) is 36.3 Å². The summed E-state index contributed by atoms with van der Waals surface area (Å²) in [5.41, 5.74) is 4.59. The van der Waals surface area contributed by atoms with Gasteiger partial charge < -0.3 is 10.1 Å². The summed E-state index contributed by atoms with van der Waals surface area (Å²) in [5.74, 6) is 0.0478. The SMILES string of the molecule is Cc1ccc(S(=O)(=O)N2CC(C(=O)NCc3ccccc3CN3CCCCC3)Oc3cc(C)ccc32)cc1. The van der Waals surface area contributed by atoms with Crippen LogP contribution in [0.3, 0.4) is 0 Å². The van der Waals surface area contributed by atoms with Gasteiger partial charge in [-0.2, -0.15) is 0 Å². The number of nitrogens with one attached hydrogen (secondary N) is 1. The number of fused-ring (bicyclic) bond motifs is 1. The maximum atomic E-state index is 13.7. The van der Waals surface area contributed by atoms with Crippen LogP contribution in [-0.2, 0) is 27.9 Å². The van der Waals surface area contributed by atoms with Gasteiger partial charge in [0.25, 0.3) is 15.9 Å². The molecule has 0 spiro atoms. The molecular weight excluding hydrogens is 498 g/mol. The van der Waals surface area contributed by atoms with Crippen molar-refractivity contribution in [3.63, 3.8) is 0 Å². The number of anilines is 1. The van der Waals surface area contributed by atoms with E-state index in [9.17, 15) is 13.2 Å². The number of sulfonamides is 1. The van der Waals surface area contributed by atoms with Gasteiger partial charge in [0, 0.05) is 13.1 Å². The lowest BCUT2D eigenvalue weighted by Crippen LogP contribution is -2.50. The Bertz CT molecular complexity index is 1400. The number of ether oxygens (including phenoxy) is 1. The fraction of sp³-hybridized carbons (Fsp3) is 0.367. The summed E-state index contributed by atoms with van der Waals surface area (Å²) in [6.45, 7) is 7.13. The minimum absolute atomic E-state index is 0.104. The van der Waals surface area contributed by atoms with Crippen LogP contribution in [-0.4, -0.2) is 45.0 Å². The lowest BCUT2D eigenvalue weighted by molar-refractivity contribution is -0.127. The number of aryl methyl sites for hydroxylation is 2. The predicted octanol–water partition coefficient (Wildman–Crippen LogP) is 4.56. The van der Waals surface area contributed by atoms with E-state index in [1.54, 1.807) is 36.4 Å². The molecule has 1 amide bonds. The first-order valence-corrected chi connectivity index (χ1v) is 14.7. The lowest BCUT2D eigenvalue weighted by atomic mass is 10.0. The maximum Gasteiger partial charge on any atom is 0.264 e. The van der Waals surface area contributed by atoms with Crippen LogP contribution in [0.2, 0.25) is 0 Å². The first kappa shape index (κ1) is 26.3. The molecule has 2 aliphatic heterocycles. The van der Waals surface area contributed by atoms with Crippen molar-refractivity contribution in [2.75, 3.05) is 23.9 Å². The number of amides is 1. The Kier molecular flexibility index (Phi) is 7.72. The Balaban J connectivity index is 1.34. The van der Waals surface area contributed by atoms with Gasteiger partial charge in [-0.15, -0.1) is 0 Å².